The summed E-state index contributed by atoms with van der Waals surface area (Å²) in [7, 11) is 0. The fourth-order valence-corrected chi connectivity index (χ4v) is 5.44. The number of nitrogens with one attached hydrogen (secondary N) is 2. The molecule has 0 radical (unpaired) electrons. The molecule has 2 atom stereocenters. The van der Waals surface area contributed by atoms with Crippen molar-refractivity contribution < 1.29 is 14.3 Å². The van der Waals surface area contributed by atoms with E-state index in [9.17, 15) is 4.79 Å². The topological polar surface area (TPSA) is 75.7 Å². The van der Waals surface area contributed by atoms with E-state index in [0.717, 1.165) is 56.0 Å². The highest BCUT2D eigenvalue weighted by atomic mass is 16.6. The molecule has 1 aliphatic heterocycles. The van der Waals surface area contributed by atoms with E-state index >= 15 is 0 Å². The molecule has 2 heterocycles. The van der Waals surface area contributed by atoms with E-state index in [2.05, 4.69) is 48.4 Å². The van der Waals surface area contributed by atoms with Gasteiger partial charge in [-0.05, 0) is 84.8 Å². The third-order valence-corrected chi connectivity index (χ3v) is 6.61. The van der Waals surface area contributed by atoms with Crippen LogP contribution < -0.4 is 15.5 Å². The van der Waals surface area contributed by atoms with Crippen LogP contribution in [0.4, 0.5) is 16.3 Å². The Morgan fingerprint density at radius 3 is 2.32 bits per heavy atom. The molecule has 1 saturated heterocycles. The third kappa shape index (κ3) is 5.25. The second-order valence-electron chi connectivity index (χ2n) is 11.0. The van der Waals surface area contributed by atoms with Crippen molar-refractivity contribution in [1.29, 1.82) is 0 Å². The maximum atomic E-state index is 11.9. The summed E-state index contributed by atoms with van der Waals surface area (Å²) in [5.41, 5.74) is 2.11. The zero-order valence-electron chi connectivity index (χ0n) is 19.8. The molecular formula is C24H38N4O3. The predicted molar refractivity (Wildman–Crippen MR) is 123 cm³/mol. The molecule has 0 unspecified atom stereocenters. The van der Waals surface area contributed by atoms with Gasteiger partial charge < -0.3 is 25.0 Å². The highest BCUT2D eigenvalue weighted by Crippen LogP contribution is 2.56. The van der Waals surface area contributed by atoms with Gasteiger partial charge in [0.25, 0.3) is 0 Å². The summed E-state index contributed by atoms with van der Waals surface area (Å²) in [6.45, 7) is 13.8. The second-order valence-corrected chi connectivity index (χ2v) is 11.0. The van der Waals surface area contributed by atoms with E-state index in [1.54, 1.807) is 0 Å². The lowest BCUT2D eigenvalue weighted by Crippen LogP contribution is -2.59. The van der Waals surface area contributed by atoms with Gasteiger partial charge in [0, 0.05) is 25.2 Å². The number of ether oxygens (including phenoxy) is 2. The Morgan fingerprint density at radius 2 is 1.74 bits per heavy atom. The van der Waals surface area contributed by atoms with Crippen LogP contribution in [0.25, 0.3) is 0 Å². The van der Waals surface area contributed by atoms with Crippen LogP contribution in [-0.4, -0.2) is 54.1 Å². The molecule has 1 amide bonds. The number of amides is 1. The van der Waals surface area contributed by atoms with Crippen molar-refractivity contribution >= 4 is 17.6 Å². The minimum atomic E-state index is -0.448. The normalized spacial score (nSPS) is 32.8. The van der Waals surface area contributed by atoms with E-state index in [-0.39, 0.29) is 24.3 Å². The molecule has 3 fully saturated rings. The van der Waals surface area contributed by atoms with Crippen LogP contribution in [0.5, 0.6) is 0 Å². The summed E-state index contributed by atoms with van der Waals surface area (Å²) >= 11 is 0. The van der Waals surface area contributed by atoms with Gasteiger partial charge in [0.2, 0.25) is 0 Å². The first kappa shape index (κ1) is 22.2. The fraction of sp³-hybridized carbons (Fsp3) is 0.750. The van der Waals surface area contributed by atoms with Crippen molar-refractivity contribution in [3.63, 3.8) is 0 Å². The average molecular weight is 431 g/mol. The van der Waals surface area contributed by atoms with Crippen LogP contribution in [0.15, 0.2) is 12.1 Å². The Morgan fingerprint density at radius 1 is 1.13 bits per heavy atom. The van der Waals surface area contributed by atoms with E-state index in [1.165, 1.54) is 0 Å². The van der Waals surface area contributed by atoms with Gasteiger partial charge in [-0.1, -0.05) is 0 Å². The van der Waals surface area contributed by atoms with E-state index in [4.69, 9.17) is 14.5 Å². The van der Waals surface area contributed by atoms with Crippen LogP contribution in [0.1, 0.15) is 66.0 Å². The molecule has 1 aromatic rings. The lowest BCUT2D eigenvalue weighted by Gasteiger charge is -2.58. The minimum absolute atomic E-state index is 0.228. The number of morpholine rings is 1. The highest BCUT2D eigenvalue weighted by Gasteiger charge is 2.53. The van der Waals surface area contributed by atoms with Gasteiger partial charge in [-0.15, -0.1) is 0 Å². The van der Waals surface area contributed by atoms with Gasteiger partial charge in [0.05, 0.1) is 23.6 Å². The number of carbonyl (C=O) groups excluding carboxylic acids is 1. The first-order chi connectivity index (χ1) is 14.5. The number of anilines is 2. The number of hydrogen-bond acceptors (Lipinski definition) is 6. The number of alkyl carbamates (subject to hydrolysis) is 1. The number of rotatable bonds is 4. The lowest BCUT2D eigenvalue weighted by molar-refractivity contribution is -0.0178. The Balaban J connectivity index is 1.24. The molecule has 4 rings (SSSR count). The zero-order valence-corrected chi connectivity index (χ0v) is 19.8. The fourth-order valence-electron chi connectivity index (χ4n) is 5.44. The molecule has 1 aromatic heterocycles. The van der Waals surface area contributed by atoms with Gasteiger partial charge in [-0.25, -0.2) is 9.78 Å². The number of pyridine rings is 1. The van der Waals surface area contributed by atoms with Gasteiger partial charge in [0.1, 0.15) is 11.4 Å². The van der Waals surface area contributed by atoms with Crippen molar-refractivity contribution in [2.24, 2.45) is 5.41 Å². The molecule has 0 aromatic carbocycles. The Hall–Kier alpha value is -2.02. The van der Waals surface area contributed by atoms with Gasteiger partial charge in [0.15, 0.2) is 0 Å². The minimum Gasteiger partial charge on any atom is -0.444 e. The summed E-state index contributed by atoms with van der Waals surface area (Å²) in [6.07, 6.45) is 4.56. The number of aryl methyl sites for hydroxylation is 1. The molecule has 0 bridgehead atoms. The number of nitrogens with zero attached hydrogens (tertiary/aromatic N) is 2. The molecule has 172 valence electrons. The number of aromatic nitrogens is 1. The zero-order chi connectivity index (χ0) is 22.4. The van der Waals surface area contributed by atoms with Crippen LogP contribution in [0, 0.1) is 12.3 Å². The standard InChI is InChI=1S/C24H38N4O3/c1-15-13-28(14-16(2)30-15)21-8-7-20(17(3)25-21)26-18-9-24(10-18)11-19(12-24)27-22(29)31-23(4,5)6/h7-8,15-16,18-19,26H,9-14H2,1-6H3,(H,27,29)/t15-,16-,18?,19?,24?/m0/s1. The molecule has 3 aliphatic rings. The van der Waals surface area contributed by atoms with E-state index in [1.807, 2.05) is 20.8 Å². The number of carbonyl (C=O) groups is 1. The molecule has 31 heavy (non-hydrogen) atoms. The van der Waals surface area contributed by atoms with Gasteiger partial charge in [-0.3, -0.25) is 0 Å². The SMILES string of the molecule is Cc1nc(N2C[C@H](C)O[C@@H](C)C2)ccc1NC1CC2(CC(NC(=O)OC(C)(C)C)C2)C1. The summed E-state index contributed by atoms with van der Waals surface area (Å²) < 4.78 is 11.2. The van der Waals surface area contributed by atoms with Crippen molar-refractivity contribution in [3.8, 4) is 0 Å². The molecule has 7 nitrogen and oxygen atoms in total. The van der Waals surface area contributed by atoms with Crippen LogP contribution in [0.2, 0.25) is 0 Å². The molecule has 2 aliphatic carbocycles. The van der Waals surface area contributed by atoms with Crippen molar-refractivity contribution in [1.82, 2.24) is 10.3 Å². The molecular weight excluding hydrogens is 392 g/mol. The summed E-state index contributed by atoms with van der Waals surface area (Å²) in [5, 5.41) is 6.70. The second kappa shape index (κ2) is 8.15. The van der Waals surface area contributed by atoms with Crippen molar-refractivity contribution in [3.05, 3.63) is 17.8 Å². The quantitative estimate of drug-likeness (QED) is 0.744. The first-order valence-corrected chi connectivity index (χ1v) is 11.6. The average Bonchev–Trinajstić information content (AvgIpc) is 2.56. The third-order valence-electron chi connectivity index (χ3n) is 6.61. The Bertz CT molecular complexity index is 798. The molecule has 7 heteroatoms. The maximum Gasteiger partial charge on any atom is 0.407 e. The highest BCUT2D eigenvalue weighted by molar-refractivity contribution is 5.68. The first-order valence-electron chi connectivity index (χ1n) is 11.6. The van der Waals surface area contributed by atoms with Crippen molar-refractivity contribution in [2.45, 2.75) is 97.1 Å². The largest absolute Gasteiger partial charge is 0.444 e. The summed E-state index contributed by atoms with van der Waals surface area (Å²) in [6, 6.07) is 5.02. The molecule has 2 saturated carbocycles. The Kier molecular flexibility index (Phi) is 5.83. The van der Waals surface area contributed by atoms with E-state index in [0.29, 0.717) is 11.5 Å². The smallest absolute Gasteiger partial charge is 0.407 e. The van der Waals surface area contributed by atoms with Crippen LogP contribution in [0.3, 0.4) is 0 Å². The lowest BCUT2D eigenvalue weighted by atomic mass is 9.52. The summed E-state index contributed by atoms with van der Waals surface area (Å²) in [5.74, 6) is 1.03. The van der Waals surface area contributed by atoms with Crippen LogP contribution in [-0.2, 0) is 9.47 Å². The van der Waals surface area contributed by atoms with Crippen molar-refractivity contribution in [2.75, 3.05) is 23.3 Å². The molecule has 1 spiro atoms. The monoisotopic (exact) mass is 430 g/mol. The number of hydrogen-bond donors (Lipinski definition) is 2. The summed E-state index contributed by atoms with van der Waals surface area (Å²) in [4.78, 5) is 19.1. The van der Waals surface area contributed by atoms with E-state index < -0.39 is 5.60 Å². The van der Waals surface area contributed by atoms with Gasteiger partial charge in [-0.2, -0.15) is 0 Å². The Labute approximate surface area is 186 Å². The van der Waals surface area contributed by atoms with Gasteiger partial charge >= 0.3 is 6.09 Å². The predicted octanol–water partition coefficient (Wildman–Crippen LogP) is 4.25. The van der Waals surface area contributed by atoms with Crippen LogP contribution >= 0.6 is 0 Å². The molecule has 2 N–H and O–H groups in total. The maximum absolute atomic E-state index is 11.9.